The van der Waals surface area contributed by atoms with Gasteiger partial charge < -0.3 is 10.2 Å². The first-order chi connectivity index (χ1) is 9.80. The predicted octanol–water partition coefficient (Wildman–Crippen LogP) is 5.13. The standard InChI is InChI=1S/C18H19ClO2/c1-12(9-13-7-8-16(20)17(21)10-13)18(2,3)14-5-4-6-15(19)11-14/h4-11,20-21H,1-3H3/b12-9-. The Morgan fingerprint density at radius 3 is 2.38 bits per heavy atom. The fourth-order valence-electron chi connectivity index (χ4n) is 2.17. The summed E-state index contributed by atoms with van der Waals surface area (Å²) in [4.78, 5) is 0. The molecule has 2 rings (SSSR count). The first-order valence-electron chi connectivity index (χ1n) is 6.77. The van der Waals surface area contributed by atoms with Crippen LogP contribution in [0.5, 0.6) is 11.5 Å². The van der Waals surface area contributed by atoms with Gasteiger partial charge in [0.1, 0.15) is 0 Å². The van der Waals surface area contributed by atoms with Gasteiger partial charge in [-0.05, 0) is 42.3 Å². The summed E-state index contributed by atoms with van der Waals surface area (Å²) in [6.45, 7) is 6.31. The Kier molecular flexibility index (Phi) is 4.29. The SMILES string of the molecule is C/C(=C/c1ccc(O)c(O)c1)C(C)(C)c1cccc(Cl)c1. The zero-order chi connectivity index (χ0) is 15.6. The Balaban J connectivity index is 2.38. The van der Waals surface area contributed by atoms with Crippen molar-refractivity contribution in [2.45, 2.75) is 26.2 Å². The van der Waals surface area contributed by atoms with Gasteiger partial charge in [0.05, 0.1) is 0 Å². The molecule has 0 spiro atoms. The molecule has 2 aromatic rings. The van der Waals surface area contributed by atoms with Crippen molar-refractivity contribution < 1.29 is 10.2 Å². The molecule has 2 nitrogen and oxygen atoms in total. The maximum atomic E-state index is 9.57. The third-order valence-electron chi connectivity index (χ3n) is 3.91. The molecule has 0 aliphatic rings. The molecule has 0 atom stereocenters. The van der Waals surface area contributed by atoms with Crippen LogP contribution < -0.4 is 0 Å². The summed E-state index contributed by atoms with van der Waals surface area (Å²) in [6, 6.07) is 12.6. The van der Waals surface area contributed by atoms with Crippen LogP contribution in [0.15, 0.2) is 48.0 Å². The van der Waals surface area contributed by atoms with E-state index in [2.05, 4.69) is 19.9 Å². The summed E-state index contributed by atoms with van der Waals surface area (Å²) < 4.78 is 0. The molecule has 0 amide bonds. The molecule has 3 heteroatoms. The number of phenols is 2. The highest BCUT2D eigenvalue weighted by atomic mass is 35.5. The van der Waals surface area contributed by atoms with Crippen LogP contribution in [0.2, 0.25) is 5.02 Å². The number of hydrogen-bond donors (Lipinski definition) is 2. The van der Waals surface area contributed by atoms with E-state index >= 15 is 0 Å². The van der Waals surface area contributed by atoms with Crippen molar-refractivity contribution in [1.29, 1.82) is 0 Å². The van der Waals surface area contributed by atoms with Crippen LogP contribution in [0.4, 0.5) is 0 Å². The molecule has 0 saturated carbocycles. The van der Waals surface area contributed by atoms with Gasteiger partial charge in [0.2, 0.25) is 0 Å². The van der Waals surface area contributed by atoms with Crippen LogP contribution in [-0.2, 0) is 5.41 Å². The molecule has 0 unspecified atom stereocenters. The van der Waals surface area contributed by atoms with Crippen molar-refractivity contribution in [1.82, 2.24) is 0 Å². The topological polar surface area (TPSA) is 40.5 Å². The van der Waals surface area contributed by atoms with E-state index in [-0.39, 0.29) is 16.9 Å². The second-order valence-electron chi connectivity index (χ2n) is 5.71. The average molecular weight is 303 g/mol. The summed E-state index contributed by atoms with van der Waals surface area (Å²) >= 11 is 6.07. The van der Waals surface area contributed by atoms with E-state index in [4.69, 9.17) is 11.6 Å². The fraction of sp³-hybridized carbons (Fsp3) is 0.222. The lowest BCUT2D eigenvalue weighted by atomic mass is 9.78. The molecular weight excluding hydrogens is 284 g/mol. The molecule has 0 aliphatic carbocycles. The maximum Gasteiger partial charge on any atom is 0.157 e. The van der Waals surface area contributed by atoms with Gasteiger partial charge in [-0.25, -0.2) is 0 Å². The third kappa shape index (κ3) is 3.40. The molecular formula is C18H19ClO2. The zero-order valence-electron chi connectivity index (χ0n) is 12.4. The predicted molar refractivity (Wildman–Crippen MR) is 87.9 cm³/mol. The van der Waals surface area contributed by atoms with E-state index in [1.54, 1.807) is 12.1 Å². The van der Waals surface area contributed by atoms with Gasteiger partial charge in [-0.15, -0.1) is 0 Å². The Morgan fingerprint density at radius 1 is 1.05 bits per heavy atom. The van der Waals surface area contributed by atoms with Gasteiger partial charge >= 0.3 is 0 Å². The van der Waals surface area contributed by atoms with Gasteiger partial charge in [-0.1, -0.05) is 55.3 Å². The van der Waals surface area contributed by atoms with Crippen LogP contribution in [0.25, 0.3) is 6.08 Å². The number of aromatic hydroxyl groups is 2. The van der Waals surface area contributed by atoms with Gasteiger partial charge in [0.15, 0.2) is 11.5 Å². The minimum Gasteiger partial charge on any atom is -0.504 e. The smallest absolute Gasteiger partial charge is 0.157 e. The molecule has 21 heavy (non-hydrogen) atoms. The Bertz CT molecular complexity index is 687. The monoisotopic (exact) mass is 302 g/mol. The third-order valence-corrected chi connectivity index (χ3v) is 4.15. The number of hydrogen-bond acceptors (Lipinski definition) is 2. The average Bonchev–Trinajstić information content (AvgIpc) is 2.43. The molecule has 0 aromatic heterocycles. The van der Waals surface area contributed by atoms with E-state index in [1.807, 2.05) is 31.2 Å². The van der Waals surface area contributed by atoms with Gasteiger partial charge in [-0.3, -0.25) is 0 Å². The van der Waals surface area contributed by atoms with Crippen LogP contribution >= 0.6 is 11.6 Å². The normalized spacial score (nSPS) is 12.5. The number of phenolic OH excluding ortho intramolecular Hbond substituents is 2. The number of halogens is 1. The summed E-state index contributed by atoms with van der Waals surface area (Å²) in [5, 5.41) is 19.7. The van der Waals surface area contributed by atoms with Crippen LogP contribution in [0.3, 0.4) is 0 Å². The summed E-state index contributed by atoms with van der Waals surface area (Å²) in [5.74, 6) is -0.226. The molecule has 2 N–H and O–H groups in total. The van der Waals surface area contributed by atoms with E-state index in [1.165, 1.54) is 6.07 Å². The molecule has 110 valence electrons. The van der Waals surface area contributed by atoms with Crippen molar-refractivity contribution in [2.75, 3.05) is 0 Å². The highest BCUT2D eigenvalue weighted by Crippen LogP contribution is 2.34. The lowest BCUT2D eigenvalue weighted by Gasteiger charge is -2.27. The maximum absolute atomic E-state index is 9.57. The van der Waals surface area contributed by atoms with Gasteiger partial charge in [-0.2, -0.15) is 0 Å². The quantitative estimate of drug-likeness (QED) is 0.771. The minimum atomic E-state index is -0.182. The molecule has 0 aliphatic heterocycles. The number of allylic oxidation sites excluding steroid dienone is 1. The van der Waals surface area contributed by atoms with Crippen molar-refractivity contribution in [3.63, 3.8) is 0 Å². The van der Waals surface area contributed by atoms with Crippen molar-refractivity contribution in [2.24, 2.45) is 0 Å². The van der Waals surface area contributed by atoms with E-state index in [9.17, 15) is 10.2 Å². The highest BCUT2D eigenvalue weighted by Gasteiger charge is 2.22. The molecule has 0 radical (unpaired) electrons. The Labute approximate surface area is 130 Å². The van der Waals surface area contributed by atoms with Crippen LogP contribution in [0, 0.1) is 0 Å². The second-order valence-corrected chi connectivity index (χ2v) is 6.15. The lowest BCUT2D eigenvalue weighted by Crippen LogP contribution is -2.18. The number of rotatable bonds is 3. The van der Waals surface area contributed by atoms with Crippen molar-refractivity contribution in [3.05, 3.63) is 64.2 Å². The highest BCUT2D eigenvalue weighted by molar-refractivity contribution is 6.30. The van der Waals surface area contributed by atoms with Crippen LogP contribution in [-0.4, -0.2) is 10.2 Å². The molecule has 0 fully saturated rings. The molecule has 0 bridgehead atoms. The van der Waals surface area contributed by atoms with Gasteiger partial charge in [0.25, 0.3) is 0 Å². The first kappa shape index (κ1) is 15.5. The van der Waals surface area contributed by atoms with E-state index in [0.29, 0.717) is 0 Å². The summed E-state index contributed by atoms with van der Waals surface area (Å²) in [5.41, 5.74) is 2.93. The van der Waals surface area contributed by atoms with E-state index in [0.717, 1.165) is 21.7 Å². The number of benzene rings is 2. The van der Waals surface area contributed by atoms with Crippen molar-refractivity contribution >= 4 is 17.7 Å². The largest absolute Gasteiger partial charge is 0.504 e. The minimum absolute atomic E-state index is 0.112. The molecule has 0 saturated heterocycles. The van der Waals surface area contributed by atoms with Crippen LogP contribution in [0.1, 0.15) is 31.9 Å². The van der Waals surface area contributed by atoms with Crippen molar-refractivity contribution in [3.8, 4) is 11.5 Å². The zero-order valence-corrected chi connectivity index (χ0v) is 13.1. The fourth-order valence-corrected chi connectivity index (χ4v) is 2.36. The summed E-state index contributed by atoms with van der Waals surface area (Å²) in [7, 11) is 0. The lowest BCUT2D eigenvalue weighted by molar-refractivity contribution is 0.403. The molecule has 2 aromatic carbocycles. The Hall–Kier alpha value is -1.93. The Morgan fingerprint density at radius 2 is 1.76 bits per heavy atom. The molecule has 0 heterocycles. The van der Waals surface area contributed by atoms with Gasteiger partial charge in [0, 0.05) is 10.4 Å². The first-order valence-corrected chi connectivity index (χ1v) is 7.15. The summed E-state index contributed by atoms with van der Waals surface area (Å²) in [6.07, 6.45) is 2.00. The van der Waals surface area contributed by atoms with E-state index < -0.39 is 0 Å². The second kappa shape index (κ2) is 5.82.